The van der Waals surface area contributed by atoms with Gasteiger partial charge in [-0.05, 0) is 42.8 Å². The molecular weight excluding hydrogens is 299 g/mol. The minimum Gasteiger partial charge on any atom is -0.370 e. The predicted octanol–water partition coefficient (Wildman–Crippen LogP) is 5.11. The highest BCUT2D eigenvalue weighted by atomic mass is 35.5. The van der Waals surface area contributed by atoms with Gasteiger partial charge in [0.15, 0.2) is 0 Å². The Morgan fingerprint density at radius 3 is 2.84 bits per heavy atom. The average Bonchev–Trinajstić information content (AvgIpc) is 2.41. The first-order valence-electron chi connectivity index (χ1n) is 5.95. The van der Waals surface area contributed by atoms with Crippen LogP contribution in [0.2, 0.25) is 10.0 Å². The number of aromatic nitrogens is 1. The highest BCUT2D eigenvalue weighted by Gasteiger charge is 2.03. The number of pyridine rings is 1. The van der Waals surface area contributed by atoms with E-state index < -0.39 is 0 Å². The molecule has 0 atom stereocenters. The standard InChI is InChI=1S/C14H14Cl2N2S/c1-2-17-14-7-10(5-6-18-14)9-19-13-8-11(15)3-4-12(13)16/h3-8H,2,9H2,1H3,(H,17,18). The van der Waals surface area contributed by atoms with E-state index >= 15 is 0 Å². The van der Waals surface area contributed by atoms with Crippen molar-refractivity contribution >= 4 is 40.8 Å². The van der Waals surface area contributed by atoms with Gasteiger partial charge >= 0.3 is 0 Å². The maximum Gasteiger partial charge on any atom is 0.126 e. The Morgan fingerprint density at radius 2 is 2.05 bits per heavy atom. The third-order valence-electron chi connectivity index (χ3n) is 2.47. The van der Waals surface area contributed by atoms with Crippen LogP contribution in [-0.4, -0.2) is 11.5 Å². The van der Waals surface area contributed by atoms with Crippen LogP contribution >= 0.6 is 35.0 Å². The number of benzene rings is 1. The van der Waals surface area contributed by atoms with Crippen LogP contribution in [0, 0.1) is 0 Å². The van der Waals surface area contributed by atoms with Crippen LogP contribution in [0.4, 0.5) is 5.82 Å². The highest BCUT2D eigenvalue weighted by molar-refractivity contribution is 7.98. The van der Waals surface area contributed by atoms with Crippen molar-refractivity contribution in [2.45, 2.75) is 17.6 Å². The molecule has 0 spiro atoms. The van der Waals surface area contributed by atoms with Gasteiger partial charge in [-0.15, -0.1) is 11.8 Å². The first-order chi connectivity index (χ1) is 9.19. The van der Waals surface area contributed by atoms with Crippen molar-refractivity contribution in [1.82, 2.24) is 4.98 Å². The summed E-state index contributed by atoms with van der Waals surface area (Å²) < 4.78 is 0. The molecular formula is C14H14Cl2N2S. The summed E-state index contributed by atoms with van der Waals surface area (Å²) in [5.74, 6) is 1.74. The van der Waals surface area contributed by atoms with Gasteiger partial charge in [0.2, 0.25) is 0 Å². The number of hydrogen-bond acceptors (Lipinski definition) is 3. The summed E-state index contributed by atoms with van der Waals surface area (Å²) in [6.07, 6.45) is 1.81. The molecule has 0 radical (unpaired) electrons. The molecule has 0 aliphatic heterocycles. The Balaban J connectivity index is 2.05. The second kappa shape index (κ2) is 7.04. The molecule has 0 saturated heterocycles. The van der Waals surface area contributed by atoms with Crippen LogP contribution in [0.3, 0.4) is 0 Å². The number of hydrogen-bond donors (Lipinski definition) is 1. The van der Waals surface area contributed by atoms with Gasteiger partial charge in [-0.25, -0.2) is 4.98 Å². The van der Waals surface area contributed by atoms with Gasteiger partial charge in [-0.2, -0.15) is 0 Å². The quantitative estimate of drug-likeness (QED) is 0.776. The lowest BCUT2D eigenvalue weighted by molar-refractivity contribution is 1.15. The van der Waals surface area contributed by atoms with E-state index in [1.165, 1.54) is 5.56 Å². The number of nitrogens with zero attached hydrogens (tertiary/aromatic N) is 1. The van der Waals surface area contributed by atoms with E-state index in [1.54, 1.807) is 17.8 Å². The minimum absolute atomic E-state index is 0.704. The SMILES string of the molecule is CCNc1cc(CSc2cc(Cl)ccc2Cl)ccn1. The van der Waals surface area contributed by atoms with E-state index in [0.29, 0.717) is 5.02 Å². The monoisotopic (exact) mass is 312 g/mol. The van der Waals surface area contributed by atoms with Crippen molar-refractivity contribution in [3.63, 3.8) is 0 Å². The van der Waals surface area contributed by atoms with Crippen LogP contribution < -0.4 is 5.32 Å². The van der Waals surface area contributed by atoms with Crippen molar-refractivity contribution in [3.05, 3.63) is 52.1 Å². The van der Waals surface area contributed by atoms with E-state index in [4.69, 9.17) is 23.2 Å². The van der Waals surface area contributed by atoms with E-state index in [-0.39, 0.29) is 0 Å². The topological polar surface area (TPSA) is 24.9 Å². The summed E-state index contributed by atoms with van der Waals surface area (Å²) in [5, 5.41) is 4.63. The number of halogens is 2. The first kappa shape index (κ1) is 14.5. The molecule has 2 nitrogen and oxygen atoms in total. The first-order valence-corrected chi connectivity index (χ1v) is 7.70. The maximum absolute atomic E-state index is 6.14. The predicted molar refractivity (Wildman–Crippen MR) is 84.4 cm³/mol. The molecule has 1 N–H and O–H groups in total. The normalized spacial score (nSPS) is 10.5. The molecule has 1 aromatic carbocycles. The van der Waals surface area contributed by atoms with E-state index in [0.717, 1.165) is 28.0 Å². The molecule has 0 aliphatic rings. The van der Waals surface area contributed by atoms with Crippen LogP contribution in [0.15, 0.2) is 41.4 Å². The van der Waals surface area contributed by atoms with Gasteiger partial charge in [-0.1, -0.05) is 23.2 Å². The fraction of sp³-hybridized carbons (Fsp3) is 0.214. The molecule has 0 bridgehead atoms. The van der Waals surface area contributed by atoms with Crippen LogP contribution in [-0.2, 0) is 5.75 Å². The van der Waals surface area contributed by atoms with E-state index in [1.807, 2.05) is 24.4 Å². The molecule has 1 aromatic heterocycles. The lowest BCUT2D eigenvalue weighted by Gasteiger charge is -2.07. The summed E-state index contributed by atoms with van der Waals surface area (Å²) in [7, 11) is 0. The van der Waals surface area contributed by atoms with E-state index in [9.17, 15) is 0 Å². The summed E-state index contributed by atoms with van der Waals surface area (Å²) in [5.41, 5.74) is 1.20. The third-order valence-corrected chi connectivity index (χ3v) is 4.27. The molecule has 0 aliphatic carbocycles. The largest absolute Gasteiger partial charge is 0.370 e. The van der Waals surface area contributed by atoms with Gasteiger partial charge in [0.1, 0.15) is 5.82 Å². The number of rotatable bonds is 5. The molecule has 0 fully saturated rings. The molecule has 0 unspecified atom stereocenters. The lowest BCUT2D eigenvalue weighted by atomic mass is 10.3. The molecule has 2 rings (SSSR count). The van der Waals surface area contributed by atoms with Crippen LogP contribution in [0.1, 0.15) is 12.5 Å². The third kappa shape index (κ3) is 4.30. The Bertz CT molecular complexity index is 561. The summed E-state index contributed by atoms with van der Waals surface area (Å²) >= 11 is 13.8. The second-order valence-electron chi connectivity index (χ2n) is 3.94. The maximum atomic E-state index is 6.14. The summed E-state index contributed by atoms with van der Waals surface area (Å²) in [4.78, 5) is 5.24. The molecule has 0 amide bonds. The fourth-order valence-corrected chi connectivity index (χ4v) is 3.03. The Labute approximate surface area is 127 Å². The van der Waals surface area contributed by atoms with Crippen molar-refractivity contribution in [3.8, 4) is 0 Å². The average molecular weight is 313 g/mol. The minimum atomic E-state index is 0.704. The van der Waals surface area contributed by atoms with E-state index in [2.05, 4.69) is 23.3 Å². The zero-order valence-corrected chi connectivity index (χ0v) is 12.8. The van der Waals surface area contributed by atoms with Gasteiger partial charge < -0.3 is 5.32 Å². The second-order valence-corrected chi connectivity index (χ2v) is 5.80. The Kier molecular flexibility index (Phi) is 5.37. The van der Waals surface area contributed by atoms with Gasteiger partial charge in [0.05, 0.1) is 5.02 Å². The Morgan fingerprint density at radius 1 is 1.21 bits per heavy atom. The van der Waals surface area contributed by atoms with Gasteiger partial charge in [0.25, 0.3) is 0 Å². The summed E-state index contributed by atoms with van der Waals surface area (Å²) in [6, 6.07) is 9.56. The van der Waals surface area contributed by atoms with Crippen molar-refractivity contribution < 1.29 is 0 Å². The molecule has 0 saturated carbocycles. The molecule has 5 heteroatoms. The molecule has 1 heterocycles. The molecule has 19 heavy (non-hydrogen) atoms. The van der Waals surface area contributed by atoms with Crippen LogP contribution in [0.5, 0.6) is 0 Å². The van der Waals surface area contributed by atoms with Crippen molar-refractivity contribution in [2.24, 2.45) is 0 Å². The fourth-order valence-electron chi connectivity index (χ4n) is 1.59. The highest BCUT2D eigenvalue weighted by Crippen LogP contribution is 2.32. The molecule has 100 valence electrons. The Hall–Kier alpha value is -0.900. The number of nitrogens with one attached hydrogen (secondary N) is 1. The van der Waals surface area contributed by atoms with Crippen molar-refractivity contribution in [2.75, 3.05) is 11.9 Å². The zero-order chi connectivity index (χ0) is 13.7. The van der Waals surface area contributed by atoms with Crippen molar-refractivity contribution in [1.29, 1.82) is 0 Å². The number of thioether (sulfide) groups is 1. The van der Waals surface area contributed by atoms with Gasteiger partial charge in [-0.3, -0.25) is 0 Å². The van der Waals surface area contributed by atoms with Crippen LogP contribution in [0.25, 0.3) is 0 Å². The zero-order valence-electron chi connectivity index (χ0n) is 10.5. The smallest absolute Gasteiger partial charge is 0.126 e. The van der Waals surface area contributed by atoms with Gasteiger partial charge in [0, 0.05) is 28.4 Å². The summed E-state index contributed by atoms with van der Waals surface area (Å²) in [6.45, 7) is 2.92. The number of anilines is 1. The lowest BCUT2D eigenvalue weighted by Crippen LogP contribution is -1.99. The molecule has 2 aromatic rings.